The summed E-state index contributed by atoms with van der Waals surface area (Å²) in [4.78, 5) is 11.8. The van der Waals surface area contributed by atoms with Crippen molar-refractivity contribution < 1.29 is 29.6 Å². The maximum absolute atomic E-state index is 11.8. The number of hydrogen-bond donors (Lipinski definition) is 5. The lowest BCUT2D eigenvalue weighted by Crippen LogP contribution is -2.61. The number of aliphatic hydroxyl groups is 4. The minimum atomic E-state index is -1.43. The first-order chi connectivity index (χ1) is 11.8. The summed E-state index contributed by atoms with van der Waals surface area (Å²) in [6, 6.07) is 4.03. The van der Waals surface area contributed by atoms with Crippen LogP contribution in [0.3, 0.4) is 0 Å². The molecule has 0 radical (unpaired) electrons. The van der Waals surface area contributed by atoms with Crippen LogP contribution in [0.15, 0.2) is 27.4 Å². The average molecular weight is 351 g/mol. The molecule has 1 aliphatic heterocycles. The van der Waals surface area contributed by atoms with E-state index in [1.54, 1.807) is 25.1 Å². The molecule has 1 aromatic heterocycles. The van der Waals surface area contributed by atoms with Gasteiger partial charge in [-0.25, -0.2) is 4.79 Å². The lowest BCUT2D eigenvalue weighted by molar-refractivity contribution is -0.245. The van der Waals surface area contributed by atoms with Crippen LogP contribution >= 0.6 is 0 Å². The average Bonchev–Trinajstić information content (AvgIpc) is 2.59. The van der Waals surface area contributed by atoms with Gasteiger partial charge in [-0.05, 0) is 31.5 Å². The van der Waals surface area contributed by atoms with E-state index in [0.29, 0.717) is 16.8 Å². The molecule has 2 aromatic rings. The summed E-state index contributed by atoms with van der Waals surface area (Å²) in [5.41, 5.74) is 1.77. The minimum absolute atomic E-state index is 0.368. The molecule has 1 aromatic carbocycles. The van der Waals surface area contributed by atoms with Crippen LogP contribution in [-0.2, 0) is 4.74 Å². The van der Waals surface area contributed by atoms with E-state index in [2.05, 4.69) is 5.32 Å². The molecule has 0 aliphatic carbocycles. The summed E-state index contributed by atoms with van der Waals surface area (Å²) in [5, 5.41) is 42.9. The third-order valence-electron chi connectivity index (χ3n) is 4.69. The second-order valence-electron chi connectivity index (χ2n) is 6.25. The number of ether oxygens (including phenoxy) is 1. The molecular weight excluding hydrogens is 330 g/mol. The van der Waals surface area contributed by atoms with Gasteiger partial charge in [0, 0.05) is 22.7 Å². The van der Waals surface area contributed by atoms with E-state index in [0.717, 1.165) is 10.9 Å². The lowest BCUT2D eigenvalue weighted by Gasteiger charge is -2.40. The number of aliphatic hydroxyl groups excluding tert-OH is 4. The fraction of sp³-hybridized carbons (Fsp3) is 0.471. The van der Waals surface area contributed by atoms with Gasteiger partial charge in [-0.3, -0.25) is 0 Å². The van der Waals surface area contributed by atoms with Crippen molar-refractivity contribution in [3.8, 4) is 0 Å². The largest absolute Gasteiger partial charge is 0.422 e. The standard InChI is InChI=1S/C17H21NO7/c1-7-8(2)16(22)24-11-5-9(3-4-10(7)11)18-13-15(21)14(20)12(6-19)25-17(13)23/h3-5,12-15,17-21,23H,6H2,1-2H3/t12?,13?,14-,15-,17-/m1/s1. The second-order valence-corrected chi connectivity index (χ2v) is 6.25. The maximum atomic E-state index is 11.8. The van der Waals surface area contributed by atoms with Gasteiger partial charge >= 0.3 is 5.63 Å². The molecule has 5 atom stereocenters. The number of anilines is 1. The van der Waals surface area contributed by atoms with Crippen LogP contribution < -0.4 is 10.9 Å². The van der Waals surface area contributed by atoms with Gasteiger partial charge in [0.25, 0.3) is 0 Å². The molecule has 5 N–H and O–H groups in total. The van der Waals surface area contributed by atoms with Gasteiger partial charge in [0.2, 0.25) is 0 Å². The number of fused-ring (bicyclic) bond motifs is 1. The Bertz CT molecular complexity index is 834. The molecule has 3 rings (SSSR count). The highest BCUT2D eigenvalue weighted by atomic mass is 16.6. The van der Waals surface area contributed by atoms with E-state index in [1.165, 1.54) is 0 Å². The molecule has 8 heteroatoms. The van der Waals surface area contributed by atoms with Crippen molar-refractivity contribution in [3.05, 3.63) is 39.7 Å². The minimum Gasteiger partial charge on any atom is -0.422 e. The van der Waals surface area contributed by atoms with Crippen LogP contribution in [0.25, 0.3) is 11.0 Å². The number of rotatable bonds is 3. The van der Waals surface area contributed by atoms with Crippen molar-refractivity contribution in [2.75, 3.05) is 11.9 Å². The van der Waals surface area contributed by atoms with E-state index in [-0.39, 0.29) is 0 Å². The summed E-state index contributed by atoms with van der Waals surface area (Å²) in [7, 11) is 0. The highest BCUT2D eigenvalue weighted by molar-refractivity contribution is 5.84. The van der Waals surface area contributed by atoms with Crippen molar-refractivity contribution in [3.63, 3.8) is 0 Å². The molecule has 0 amide bonds. The molecule has 0 saturated carbocycles. The highest BCUT2D eigenvalue weighted by Gasteiger charge is 2.43. The molecule has 2 heterocycles. The van der Waals surface area contributed by atoms with Crippen LogP contribution in [0.4, 0.5) is 5.69 Å². The molecule has 8 nitrogen and oxygen atoms in total. The Hall–Kier alpha value is -1.97. The normalized spacial score (nSPS) is 29.8. The zero-order valence-electron chi connectivity index (χ0n) is 13.8. The number of nitrogens with one attached hydrogen (secondary N) is 1. The van der Waals surface area contributed by atoms with E-state index in [1.807, 2.05) is 6.92 Å². The molecule has 136 valence electrons. The Labute approximate surface area is 143 Å². The number of hydrogen-bond acceptors (Lipinski definition) is 8. The molecule has 2 unspecified atom stereocenters. The van der Waals surface area contributed by atoms with Crippen LogP contribution in [0.5, 0.6) is 0 Å². The van der Waals surface area contributed by atoms with Crippen molar-refractivity contribution in [1.29, 1.82) is 0 Å². The predicted octanol–water partition coefficient (Wildman–Crippen LogP) is -0.378. The smallest absolute Gasteiger partial charge is 0.339 e. The van der Waals surface area contributed by atoms with Crippen LogP contribution in [0.2, 0.25) is 0 Å². The molecule has 0 spiro atoms. The summed E-state index contributed by atoms with van der Waals surface area (Å²) >= 11 is 0. The first kappa shape index (κ1) is 17.8. The first-order valence-electron chi connectivity index (χ1n) is 7.94. The van der Waals surface area contributed by atoms with Crippen molar-refractivity contribution in [2.45, 2.75) is 44.5 Å². The van der Waals surface area contributed by atoms with E-state index < -0.39 is 42.9 Å². The van der Waals surface area contributed by atoms with Gasteiger partial charge in [-0.2, -0.15) is 0 Å². The van der Waals surface area contributed by atoms with Gasteiger partial charge < -0.3 is 34.9 Å². The van der Waals surface area contributed by atoms with Crippen LogP contribution in [-0.4, -0.2) is 57.7 Å². The summed E-state index contributed by atoms with van der Waals surface area (Å²) in [5.74, 6) is 0. The van der Waals surface area contributed by atoms with Crippen LogP contribution in [0, 0.1) is 13.8 Å². The second kappa shape index (κ2) is 6.74. The molecule has 1 saturated heterocycles. The molecule has 0 bridgehead atoms. The Balaban J connectivity index is 1.90. The third-order valence-corrected chi connectivity index (χ3v) is 4.69. The predicted molar refractivity (Wildman–Crippen MR) is 89.3 cm³/mol. The molecular formula is C17H21NO7. The monoisotopic (exact) mass is 351 g/mol. The van der Waals surface area contributed by atoms with Crippen molar-refractivity contribution >= 4 is 16.7 Å². The van der Waals surface area contributed by atoms with Crippen molar-refractivity contribution in [2.24, 2.45) is 0 Å². The Morgan fingerprint density at radius 1 is 1.12 bits per heavy atom. The number of benzene rings is 1. The van der Waals surface area contributed by atoms with Gasteiger partial charge in [0.1, 0.15) is 29.9 Å². The van der Waals surface area contributed by atoms with Gasteiger partial charge in [-0.1, -0.05) is 0 Å². The quantitative estimate of drug-likeness (QED) is 0.473. The summed E-state index contributed by atoms with van der Waals surface area (Å²) in [6.45, 7) is 3.00. The Morgan fingerprint density at radius 2 is 1.84 bits per heavy atom. The maximum Gasteiger partial charge on any atom is 0.339 e. The van der Waals surface area contributed by atoms with Gasteiger partial charge in [0.15, 0.2) is 6.29 Å². The zero-order valence-corrected chi connectivity index (χ0v) is 13.8. The van der Waals surface area contributed by atoms with E-state index in [4.69, 9.17) is 14.3 Å². The van der Waals surface area contributed by atoms with Crippen molar-refractivity contribution in [1.82, 2.24) is 0 Å². The van der Waals surface area contributed by atoms with E-state index in [9.17, 15) is 20.1 Å². The fourth-order valence-corrected chi connectivity index (χ4v) is 2.98. The topological polar surface area (TPSA) is 132 Å². The zero-order chi connectivity index (χ0) is 18.3. The van der Waals surface area contributed by atoms with Gasteiger partial charge in [0.05, 0.1) is 6.61 Å². The molecule has 1 fully saturated rings. The van der Waals surface area contributed by atoms with E-state index >= 15 is 0 Å². The molecule has 25 heavy (non-hydrogen) atoms. The Morgan fingerprint density at radius 3 is 2.52 bits per heavy atom. The highest BCUT2D eigenvalue weighted by Crippen LogP contribution is 2.26. The Kier molecular flexibility index (Phi) is 4.81. The third kappa shape index (κ3) is 3.14. The van der Waals surface area contributed by atoms with Gasteiger partial charge in [-0.15, -0.1) is 0 Å². The summed E-state index contributed by atoms with van der Waals surface area (Å²) in [6.07, 6.45) is -5.21. The molecule has 1 aliphatic rings. The summed E-state index contributed by atoms with van der Waals surface area (Å²) < 4.78 is 10.4. The fourth-order valence-electron chi connectivity index (χ4n) is 2.98. The number of aryl methyl sites for hydroxylation is 1. The van der Waals surface area contributed by atoms with Crippen LogP contribution in [0.1, 0.15) is 11.1 Å². The SMILES string of the molecule is Cc1c(C)c2ccc(NC3[C@H](O)OC(CO)[C@@H](O)[C@@H]3O)cc2oc1=O. The first-order valence-corrected chi connectivity index (χ1v) is 7.94. The lowest BCUT2D eigenvalue weighted by atomic mass is 9.96.